The molecule has 0 aromatic carbocycles. The maximum absolute atomic E-state index is 11.3. The van der Waals surface area contributed by atoms with Crippen LogP contribution < -0.4 is 5.32 Å². The fourth-order valence-electron chi connectivity index (χ4n) is 1.99. The molecule has 1 atom stereocenters. The van der Waals surface area contributed by atoms with Gasteiger partial charge in [0.05, 0.1) is 12.7 Å². The first-order chi connectivity index (χ1) is 8.32. The van der Waals surface area contributed by atoms with Crippen LogP contribution in [0.15, 0.2) is 11.6 Å². The van der Waals surface area contributed by atoms with E-state index in [-0.39, 0.29) is 5.97 Å². The van der Waals surface area contributed by atoms with Crippen LogP contribution >= 0.6 is 0 Å². The van der Waals surface area contributed by atoms with Crippen LogP contribution in [0, 0.1) is 5.92 Å². The second-order valence-corrected chi connectivity index (χ2v) is 5.30. The molecule has 1 unspecified atom stereocenters. The highest BCUT2D eigenvalue weighted by Crippen LogP contribution is 2.14. The number of carbonyl (C=O) groups is 1. The van der Waals surface area contributed by atoms with Gasteiger partial charge < -0.3 is 15.2 Å². The second-order valence-electron chi connectivity index (χ2n) is 5.30. The lowest BCUT2D eigenvalue weighted by atomic mass is 9.94. The standard InChI is InChI=1S/C14H27NO3/c1-6-12(13(16)18-5)7-8-15-10-14(4,17)9-11(2)3/h7,11,15,17H,6,8-10H2,1-5H3. The van der Waals surface area contributed by atoms with E-state index < -0.39 is 5.60 Å². The molecule has 0 bridgehead atoms. The van der Waals surface area contributed by atoms with Crippen LogP contribution in [-0.4, -0.2) is 36.9 Å². The van der Waals surface area contributed by atoms with Gasteiger partial charge in [0.25, 0.3) is 0 Å². The van der Waals surface area contributed by atoms with Crippen molar-refractivity contribution in [2.75, 3.05) is 20.2 Å². The summed E-state index contributed by atoms with van der Waals surface area (Å²) >= 11 is 0. The normalized spacial score (nSPS) is 15.6. The van der Waals surface area contributed by atoms with Crippen molar-refractivity contribution in [3.8, 4) is 0 Å². The van der Waals surface area contributed by atoms with Gasteiger partial charge in [-0.05, 0) is 25.7 Å². The molecule has 0 spiro atoms. The monoisotopic (exact) mass is 257 g/mol. The lowest BCUT2D eigenvalue weighted by Gasteiger charge is -2.25. The van der Waals surface area contributed by atoms with Crippen LogP contribution in [0.5, 0.6) is 0 Å². The van der Waals surface area contributed by atoms with Gasteiger partial charge in [-0.15, -0.1) is 0 Å². The summed E-state index contributed by atoms with van der Waals surface area (Å²) in [6.07, 6.45) is 3.22. The molecule has 2 N–H and O–H groups in total. The van der Waals surface area contributed by atoms with Gasteiger partial charge in [-0.25, -0.2) is 4.79 Å². The number of aliphatic hydroxyl groups is 1. The molecule has 0 aromatic rings. The fraction of sp³-hybridized carbons (Fsp3) is 0.786. The molecule has 0 aliphatic carbocycles. The number of esters is 1. The van der Waals surface area contributed by atoms with Crippen LogP contribution in [0.2, 0.25) is 0 Å². The number of ether oxygens (including phenoxy) is 1. The summed E-state index contributed by atoms with van der Waals surface area (Å²) in [6, 6.07) is 0. The lowest BCUT2D eigenvalue weighted by Crippen LogP contribution is -2.39. The molecule has 0 amide bonds. The van der Waals surface area contributed by atoms with Gasteiger partial charge in [-0.3, -0.25) is 0 Å². The Hall–Kier alpha value is -0.870. The number of methoxy groups -OCH3 is 1. The number of carbonyl (C=O) groups excluding carboxylic acids is 1. The zero-order valence-electron chi connectivity index (χ0n) is 12.2. The van der Waals surface area contributed by atoms with E-state index in [0.717, 1.165) is 6.42 Å². The predicted molar refractivity (Wildman–Crippen MR) is 73.3 cm³/mol. The maximum atomic E-state index is 11.3. The van der Waals surface area contributed by atoms with Gasteiger partial charge >= 0.3 is 5.97 Å². The highest BCUT2D eigenvalue weighted by molar-refractivity contribution is 5.88. The Morgan fingerprint density at radius 2 is 2.11 bits per heavy atom. The number of rotatable bonds is 8. The molecule has 4 heteroatoms. The summed E-state index contributed by atoms with van der Waals surface area (Å²) in [5.74, 6) is 0.173. The first-order valence-electron chi connectivity index (χ1n) is 6.52. The van der Waals surface area contributed by atoms with E-state index in [0.29, 0.717) is 31.0 Å². The molecular formula is C14H27NO3. The van der Waals surface area contributed by atoms with Gasteiger partial charge in [0, 0.05) is 18.7 Å². The Labute approximate surface area is 110 Å². The van der Waals surface area contributed by atoms with E-state index in [1.165, 1.54) is 7.11 Å². The van der Waals surface area contributed by atoms with Gasteiger partial charge in [0.2, 0.25) is 0 Å². The average molecular weight is 257 g/mol. The third-order valence-electron chi connectivity index (χ3n) is 2.68. The van der Waals surface area contributed by atoms with E-state index in [2.05, 4.69) is 23.9 Å². The first kappa shape index (κ1) is 17.1. The molecule has 0 radical (unpaired) electrons. The minimum absolute atomic E-state index is 0.284. The second kappa shape index (κ2) is 8.27. The third-order valence-corrected chi connectivity index (χ3v) is 2.68. The van der Waals surface area contributed by atoms with E-state index in [9.17, 15) is 9.90 Å². The van der Waals surface area contributed by atoms with Gasteiger partial charge in [0.15, 0.2) is 0 Å². The Morgan fingerprint density at radius 1 is 1.50 bits per heavy atom. The van der Waals surface area contributed by atoms with Crippen molar-refractivity contribution < 1.29 is 14.6 Å². The first-order valence-corrected chi connectivity index (χ1v) is 6.52. The Bertz CT molecular complexity index is 283. The van der Waals surface area contributed by atoms with Crippen LogP contribution in [-0.2, 0) is 9.53 Å². The molecule has 0 aliphatic rings. The van der Waals surface area contributed by atoms with Crippen molar-refractivity contribution in [2.24, 2.45) is 5.92 Å². The van der Waals surface area contributed by atoms with E-state index in [4.69, 9.17) is 0 Å². The van der Waals surface area contributed by atoms with Crippen molar-refractivity contribution >= 4 is 5.97 Å². The Kier molecular flexibility index (Phi) is 7.87. The van der Waals surface area contributed by atoms with E-state index in [1.807, 2.05) is 19.9 Å². The summed E-state index contributed by atoms with van der Waals surface area (Å²) in [6.45, 7) is 8.98. The van der Waals surface area contributed by atoms with Crippen molar-refractivity contribution in [3.63, 3.8) is 0 Å². The minimum Gasteiger partial charge on any atom is -0.466 e. The van der Waals surface area contributed by atoms with Crippen molar-refractivity contribution in [1.82, 2.24) is 5.32 Å². The van der Waals surface area contributed by atoms with Gasteiger partial charge in [-0.2, -0.15) is 0 Å². The zero-order chi connectivity index (χ0) is 14.2. The summed E-state index contributed by atoms with van der Waals surface area (Å²) < 4.78 is 4.67. The van der Waals surface area contributed by atoms with E-state index >= 15 is 0 Å². The van der Waals surface area contributed by atoms with Crippen LogP contribution in [0.25, 0.3) is 0 Å². The SMILES string of the molecule is CCC(=CCNCC(C)(O)CC(C)C)C(=O)OC. The maximum Gasteiger partial charge on any atom is 0.333 e. The van der Waals surface area contributed by atoms with Crippen LogP contribution in [0.1, 0.15) is 40.5 Å². The highest BCUT2D eigenvalue weighted by atomic mass is 16.5. The lowest BCUT2D eigenvalue weighted by molar-refractivity contribution is -0.136. The molecule has 0 rings (SSSR count). The van der Waals surface area contributed by atoms with Gasteiger partial charge in [0.1, 0.15) is 0 Å². The fourth-order valence-corrected chi connectivity index (χ4v) is 1.99. The van der Waals surface area contributed by atoms with Crippen LogP contribution in [0.4, 0.5) is 0 Å². The van der Waals surface area contributed by atoms with Crippen LogP contribution in [0.3, 0.4) is 0 Å². The summed E-state index contributed by atoms with van der Waals surface area (Å²) in [5, 5.41) is 13.2. The quantitative estimate of drug-likeness (QED) is 0.396. The topological polar surface area (TPSA) is 58.6 Å². The molecule has 0 aromatic heterocycles. The zero-order valence-corrected chi connectivity index (χ0v) is 12.2. The molecule has 0 fully saturated rings. The Morgan fingerprint density at radius 3 is 2.56 bits per heavy atom. The van der Waals surface area contributed by atoms with Crippen molar-refractivity contribution in [2.45, 2.75) is 46.1 Å². The highest BCUT2D eigenvalue weighted by Gasteiger charge is 2.20. The predicted octanol–water partition coefficient (Wildman–Crippen LogP) is 1.88. The molecule has 106 valence electrons. The number of hydrogen-bond donors (Lipinski definition) is 2. The molecule has 0 heterocycles. The largest absolute Gasteiger partial charge is 0.466 e. The number of nitrogens with one attached hydrogen (secondary N) is 1. The molecular weight excluding hydrogens is 230 g/mol. The minimum atomic E-state index is -0.709. The van der Waals surface area contributed by atoms with Crippen molar-refractivity contribution in [3.05, 3.63) is 11.6 Å². The van der Waals surface area contributed by atoms with E-state index in [1.54, 1.807) is 0 Å². The Balaban J connectivity index is 4.11. The molecule has 4 nitrogen and oxygen atoms in total. The summed E-state index contributed by atoms with van der Waals surface area (Å²) in [4.78, 5) is 11.3. The molecule has 0 aliphatic heterocycles. The molecule has 18 heavy (non-hydrogen) atoms. The smallest absolute Gasteiger partial charge is 0.333 e. The van der Waals surface area contributed by atoms with Crippen molar-refractivity contribution in [1.29, 1.82) is 0 Å². The number of hydrogen-bond acceptors (Lipinski definition) is 4. The summed E-state index contributed by atoms with van der Waals surface area (Å²) in [5.41, 5.74) is -0.0480. The molecule has 0 saturated carbocycles. The summed E-state index contributed by atoms with van der Waals surface area (Å²) in [7, 11) is 1.38. The van der Waals surface area contributed by atoms with Gasteiger partial charge in [-0.1, -0.05) is 26.8 Å². The average Bonchev–Trinajstić information content (AvgIpc) is 2.26. The third kappa shape index (κ3) is 7.45. The molecule has 0 saturated heterocycles.